The van der Waals surface area contributed by atoms with E-state index in [4.69, 9.17) is 16.6 Å². The lowest BCUT2D eigenvalue weighted by molar-refractivity contribution is -0.140. The van der Waals surface area contributed by atoms with Gasteiger partial charge in [-0.25, -0.2) is 4.79 Å². The zero-order chi connectivity index (χ0) is 22.5. The maximum absolute atomic E-state index is 12.3. The number of carboxylic acid groups (broad SMARTS) is 2. The van der Waals surface area contributed by atoms with Crippen LogP contribution >= 0.6 is 11.3 Å². The Morgan fingerprint density at radius 3 is 2.74 bits per heavy atom. The number of anilines is 3. The second-order valence-corrected chi connectivity index (χ2v) is 8.43. The van der Waals surface area contributed by atoms with Gasteiger partial charge in [-0.15, -0.1) is 11.3 Å². The summed E-state index contributed by atoms with van der Waals surface area (Å²) >= 11 is 1.29. The van der Waals surface area contributed by atoms with Crippen LogP contribution in [0.15, 0.2) is 12.1 Å². The molecule has 0 bridgehead atoms. The number of carbonyl (C=O) groups is 3. The maximum Gasteiger partial charge on any atom is 0.326 e. The molecule has 31 heavy (non-hydrogen) atoms. The van der Waals surface area contributed by atoms with Crippen LogP contribution in [-0.2, 0) is 16.0 Å². The number of thiophene rings is 1. The number of nitrogen functional groups attached to an aromatic ring is 2. The third-order valence-electron chi connectivity index (χ3n) is 5.03. The molecule has 0 aliphatic carbocycles. The molecule has 166 valence electrons. The topological polar surface area (TPSA) is 194 Å². The fourth-order valence-corrected chi connectivity index (χ4v) is 4.47. The van der Waals surface area contributed by atoms with Crippen molar-refractivity contribution >= 4 is 46.8 Å². The molecule has 11 nitrogen and oxygen atoms in total. The van der Waals surface area contributed by atoms with Crippen molar-refractivity contribution < 1.29 is 24.6 Å². The Morgan fingerprint density at radius 1 is 1.26 bits per heavy atom. The third kappa shape index (κ3) is 5.60. The van der Waals surface area contributed by atoms with Crippen molar-refractivity contribution in [1.82, 2.24) is 15.3 Å². The number of amides is 1. The molecule has 0 saturated carbocycles. The first-order valence-corrected chi connectivity index (χ1v) is 10.6. The van der Waals surface area contributed by atoms with Crippen LogP contribution in [0.4, 0.5) is 17.6 Å². The number of aryl methyl sites for hydroxylation is 1. The minimum absolute atomic E-state index is 0.141. The fourth-order valence-electron chi connectivity index (χ4n) is 3.52. The van der Waals surface area contributed by atoms with Gasteiger partial charge in [-0.2, -0.15) is 9.97 Å². The van der Waals surface area contributed by atoms with Gasteiger partial charge in [0.15, 0.2) is 0 Å². The van der Waals surface area contributed by atoms with Crippen LogP contribution in [0.5, 0.6) is 0 Å². The van der Waals surface area contributed by atoms with Gasteiger partial charge in [0, 0.05) is 29.3 Å². The predicted molar refractivity (Wildman–Crippen MR) is 115 cm³/mol. The minimum atomic E-state index is -1.26. The van der Waals surface area contributed by atoms with Gasteiger partial charge in [0.1, 0.15) is 17.7 Å². The zero-order valence-electron chi connectivity index (χ0n) is 16.6. The monoisotopic (exact) mass is 448 g/mol. The van der Waals surface area contributed by atoms with E-state index in [0.717, 1.165) is 29.7 Å². The Bertz CT molecular complexity index is 994. The van der Waals surface area contributed by atoms with Crippen molar-refractivity contribution in [3.63, 3.8) is 0 Å². The van der Waals surface area contributed by atoms with Crippen LogP contribution < -0.4 is 22.1 Å². The fraction of sp³-hybridized carbons (Fsp3) is 0.421. The third-order valence-corrected chi connectivity index (χ3v) is 6.17. The molecule has 1 amide bonds. The smallest absolute Gasteiger partial charge is 0.326 e. The van der Waals surface area contributed by atoms with Crippen LogP contribution in [0.1, 0.15) is 51.7 Å². The van der Waals surface area contributed by atoms with E-state index < -0.39 is 23.9 Å². The van der Waals surface area contributed by atoms with Crippen LogP contribution in [0.2, 0.25) is 0 Å². The summed E-state index contributed by atoms with van der Waals surface area (Å²) in [6, 6.07) is 2.24. The predicted octanol–water partition coefficient (Wildman–Crippen LogP) is 1.28. The van der Waals surface area contributed by atoms with Gasteiger partial charge >= 0.3 is 11.9 Å². The van der Waals surface area contributed by atoms with Crippen LogP contribution in [0, 0.1) is 0 Å². The van der Waals surface area contributed by atoms with Gasteiger partial charge in [-0.3, -0.25) is 9.59 Å². The van der Waals surface area contributed by atoms with Crippen molar-refractivity contribution in [3.8, 4) is 0 Å². The number of hydrogen-bond acceptors (Lipinski definition) is 9. The van der Waals surface area contributed by atoms with Crippen molar-refractivity contribution in [1.29, 1.82) is 0 Å². The second kappa shape index (κ2) is 9.60. The molecule has 0 radical (unpaired) electrons. The van der Waals surface area contributed by atoms with E-state index in [2.05, 4.69) is 20.6 Å². The first kappa shape index (κ1) is 22.3. The number of aliphatic carboxylic acids is 2. The minimum Gasteiger partial charge on any atom is -0.481 e. The summed E-state index contributed by atoms with van der Waals surface area (Å²) in [6.07, 6.45) is 1.94. The Morgan fingerprint density at radius 2 is 2.03 bits per heavy atom. The molecule has 12 heteroatoms. The Kier molecular flexibility index (Phi) is 6.90. The molecule has 3 heterocycles. The molecule has 1 aliphatic heterocycles. The number of nitrogens with zero attached hydrogens (tertiary/aromatic N) is 2. The molecule has 0 saturated heterocycles. The number of nitrogens with one attached hydrogen (secondary N) is 2. The van der Waals surface area contributed by atoms with Gasteiger partial charge in [-0.1, -0.05) is 0 Å². The first-order valence-electron chi connectivity index (χ1n) is 9.75. The average Bonchev–Trinajstić information content (AvgIpc) is 3.32. The number of aromatic nitrogens is 2. The van der Waals surface area contributed by atoms with Crippen molar-refractivity contribution in [2.75, 3.05) is 23.3 Å². The number of hydrogen-bond donors (Lipinski definition) is 6. The molecule has 8 N–H and O–H groups in total. The largest absolute Gasteiger partial charge is 0.481 e. The van der Waals surface area contributed by atoms with E-state index in [1.807, 2.05) is 6.07 Å². The first-order chi connectivity index (χ1) is 14.7. The quantitative estimate of drug-likeness (QED) is 0.308. The van der Waals surface area contributed by atoms with Crippen LogP contribution in [-0.4, -0.2) is 50.6 Å². The van der Waals surface area contributed by atoms with Crippen molar-refractivity contribution in [2.24, 2.45) is 0 Å². The lowest BCUT2D eigenvalue weighted by atomic mass is 9.96. The van der Waals surface area contributed by atoms with Crippen LogP contribution in [0.25, 0.3) is 0 Å². The summed E-state index contributed by atoms with van der Waals surface area (Å²) in [4.78, 5) is 43.8. The molecular formula is C19H24N6O5S. The summed E-state index contributed by atoms with van der Waals surface area (Å²) < 4.78 is 0. The van der Waals surface area contributed by atoms with E-state index in [-0.39, 0.29) is 24.7 Å². The number of rotatable bonds is 10. The highest BCUT2D eigenvalue weighted by Gasteiger charge is 2.27. The molecule has 0 spiro atoms. The molecule has 0 aromatic carbocycles. The Balaban J connectivity index is 1.52. The molecule has 2 aromatic rings. The van der Waals surface area contributed by atoms with Crippen molar-refractivity contribution in [3.05, 3.63) is 27.5 Å². The SMILES string of the molecule is Nc1nc(N)c2c(n1)NCC2CCCc1ccc(C(=O)N[C@@H](CCC(=O)O)C(=O)O)s1. The van der Waals surface area contributed by atoms with Crippen LogP contribution in [0.3, 0.4) is 0 Å². The summed E-state index contributed by atoms with van der Waals surface area (Å²) in [5.41, 5.74) is 12.5. The van der Waals surface area contributed by atoms with E-state index in [9.17, 15) is 19.5 Å². The highest BCUT2D eigenvalue weighted by Crippen LogP contribution is 2.37. The van der Waals surface area contributed by atoms with Gasteiger partial charge in [0.2, 0.25) is 5.95 Å². The van der Waals surface area contributed by atoms with E-state index in [1.54, 1.807) is 6.07 Å². The Hall–Kier alpha value is -3.41. The van der Waals surface area contributed by atoms with E-state index >= 15 is 0 Å². The second-order valence-electron chi connectivity index (χ2n) is 7.26. The number of fused-ring (bicyclic) bond motifs is 1. The number of carbonyl (C=O) groups excluding carboxylic acids is 1. The molecular weight excluding hydrogens is 424 g/mol. The normalized spacial score (nSPS) is 15.7. The Labute approximate surface area is 181 Å². The summed E-state index contributed by atoms with van der Waals surface area (Å²) in [5.74, 6) is -1.50. The zero-order valence-corrected chi connectivity index (χ0v) is 17.4. The molecule has 1 unspecified atom stereocenters. The summed E-state index contributed by atoms with van der Waals surface area (Å²) in [7, 11) is 0. The standard InChI is InChI=1S/C19H24N6O5S/c20-15-14-9(8-22-16(14)25-19(21)24-15)2-1-3-10-4-6-12(31-10)17(28)23-11(18(29)30)5-7-13(26)27/h4,6,9,11H,1-3,5,7-8H2,(H,23,28)(H,26,27)(H,29,30)(H5,20,21,22,24,25)/t9?,11-/m0/s1. The van der Waals surface area contributed by atoms with Gasteiger partial charge in [-0.05, 0) is 37.8 Å². The highest BCUT2D eigenvalue weighted by molar-refractivity contribution is 7.14. The lowest BCUT2D eigenvalue weighted by Gasteiger charge is -2.12. The van der Waals surface area contributed by atoms with E-state index in [1.165, 1.54) is 11.3 Å². The molecule has 1 aliphatic rings. The number of nitrogens with two attached hydrogens (primary N) is 2. The molecule has 3 rings (SSSR count). The lowest BCUT2D eigenvalue weighted by Crippen LogP contribution is -2.40. The summed E-state index contributed by atoms with van der Waals surface area (Å²) in [6.45, 7) is 0.711. The maximum atomic E-state index is 12.3. The summed E-state index contributed by atoms with van der Waals surface area (Å²) in [5, 5.41) is 23.5. The average molecular weight is 449 g/mol. The van der Waals surface area contributed by atoms with E-state index in [0.29, 0.717) is 23.1 Å². The van der Waals surface area contributed by atoms with Gasteiger partial charge in [0.05, 0.1) is 4.88 Å². The van der Waals surface area contributed by atoms with Gasteiger partial charge < -0.3 is 32.3 Å². The van der Waals surface area contributed by atoms with Crippen molar-refractivity contribution in [2.45, 2.75) is 44.1 Å². The van der Waals surface area contributed by atoms with Gasteiger partial charge in [0.25, 0.3) is 5.91 Å². The molecule has 0 fully saturated rings. The molecule has 2 aromatic heterocycles. The molecule has 2 atom stereocenters. The highest BCUT2D eigenvalue weighted by atomic mass is 32.1. The number of carboxylic acids is 2.